The number of hydrogen-bond donors (Lipinski definition) is 7. The van der Waals surface area contributed by atoms with Crippen LogP contribution in [0.1, 0.15) is 161 Å². The molecule has 4 amide bonds. The number of fused-ring (bicyclic) bond motifs is 6. The molecular formula is C97H136N16O20. The van der Waals surface area contributed by atoms with Crippen molar-refractivity contribution in [1.82, 2.24) is 59.6 Å². The first-order valence-electron chi connectivity index (χ1n) is 46.8. The highest BCUT2D eigenvalue weighted by Gasteiger charge is 2.53. The van der Waals surface area contributed by atoms with Crippen molar-refractivity contribution in [1.29, 1.82) is 0 Å². The highest BCUT2D eigenvalue weighted by atomic mass is 16.6. The summed E-state index contributed by atoms with van der Waals surface area (Å²) in [6.07, 6.45) is 16.2. The van der Waals surface area contributed by atoms with Crippen molar-refractivity contribution in [3.8, 4) is 11.3 Å². The van der Waals surface area contributed by atoms with Crippen LogP contribution in [0.2, 0.25) is 0 Å². The molecule has 3 saturated heterocycles. The Morgan fingerprint density at radius 1 is 0.759 bits per heavy atom. The Labute approximate surface area is 777 Å². The molecule has 9 N–H and O–H groups in total. The number of amides is 4. The zero-order valence-electron chi connectivity index (χ0n) is 78.7. The number of aliphatic hydroxyl groups excluding tert-OH is 3. The fraction of sp³-hybridized carbons (Fsp3) is 0.608. The van der Waals surface area contributed by atoms with Crippen molar-refractivity contribution in [3.63, 3.8) is 0 Å². The molecule has 4 fully saturated rings. The number of likely N-dealkylation sites (N-methyl/N-ethyl adjacent to an activating group) is 1. The Hall–Kier alpha value is -10.4. The van der Waals surface area contributed by atoms with Crippen LogP contribution in [0.4, 0.5) is 17.8 Å². The number of anilines is 3. The smallest absolute Gasteiger partial charge is 0.329 e. The van der Waals surface area contributed by atoms with Crippen LogP contribution in [0.3, 0.4) is 0 Å². The van der Waals surface area contributed by atoms with E-state index in [4.69, 9.17) is 59.0 Å². The van der Waals surface area contributed by atoms with Gasteiger partial charge >= 0.3 is 5.97 Å². The Balaban J connectivity index is 0.573. The molecule has 1 saturated carbocycles. The van der Waals surface area contributed by atoms with Gasteiger partial charge in [0.1, 0.15) is 47.7 Å². The maximum absolute atomic E-state index is 14.8. The van der Waals surface area contributed by atoms with Crippen LogP contribution in [-0.2, 0) is 97.5 Å². The van der Waals surface area contributed by atoms with Gasteiger partial charge in [-0.1, -0.05) is 94.4 Å². The molecule has 0 spiro atoms. The van der Waals surface area contributed by atoms with Crippen LogP contribution >= 0.6 is 0 Å². The first-order valence-corrected chi connectivity index (χ1v) is 46.8. The van der Waals surface area contributed by atoms with Gasteiger partial charge in [-0.15, -0.1) is 0 Å². The van der Waals surface area contributed by atoms with Crippen molar-refractivity contribution in [2.45, 2.75) is 225 Å². The number of oxime groups is 1. The van der Waals surface area contributed by atoms with Crippen LogP contribution in [0.25, 0.3) is 33.4 Å². The summed E-state index contributed by atoms with van der Waals surface area (Å²) in [6.45, 7) is 17.4. The molecule has 9 heterocycles. The first-order chi connectivity index (χ1) is 63.9. The second-order valence-corrected chi connectivity index (χ2v) is 36.8. The van der Waals surface area contributed by atoms with Crippen LogP contribution in [0.15, 0.2) is 112 Å². The third-order valence-corrected chi connectivity index (χ3v) is 26.8. The lowest BCUT2D eigenvalue weighted by atomic mass is 9.78. The number of nitrogens with two attached hydrogens (primary N) is 2. The molecule has 6 aliphatic rings. The topological polar surface area (TPSA) is 462 Å². The summed E-state index contributed by atoms with van der Waals surface area (Å²) in [5.74, 6) is -7.29. The molecule has 5 aliphatic heterocycles. The molecule has 0 unspecified atom stereocenters. The van der Waals surface area contributed by atoms with Crippen molar-refractivity contribution in [2.75, 3.05) is 137 Å². The lowest BCUT2D eigenvalue weighted by molar-refractivity contribution is -0.265. The zero-order valence-corrected chi connectivity index (χ0v) is 78.7. The van der Waals surface area contributed by atoms with Gasteiger partial charge in [0, 0.05) is 129 Å². The lowest BCUT2D eigenvalue weighted by Gasteiger charge is -2.43. The summed E-state index contributed by atoms with van der Waals surface area (Å²) in [5, 5.41) is 60.5. The molecule has 133 heavy (non-hydrogen) atoms. The van der Waals surface area contributed by atoms with Gasteiger partial charge in [0.05, 0.1) is 94.1 Å². The second-order valence-electron chi connectivity index (χ2n) is 36.8. The first kappa shape index (κ1) is 102. The average molecular weight is 1850 g/mol. The summed E-state index contributed by atoms with van der Waals surface area (Å²) in [5.41, 5.74) is 21.0. The Morgan fingerprint density at radius 3 is 2.29 bits per heavy atom. The minimum Gasteiger partial charge on any atom is -0.460 e. The summed E-state index contributed by atoms with van der Waals surface area (Å²) >= 11 is 0. The van der Waals surface area contributed by atoms with Crippen molar-refractivity contribution >= 4 is 86.8 Å². The minimum atomic E-state index is -2.47. The van der Waals surface area contributed by atoms with E-state index in [1.807, 2.05) is 90.8 Å². The molecule has 0 radical (unpaired) electrons. The van der Waals surface area contributed by atoms with Crippen LogP contribution in [-0.4, -0.2) is 303 Å². The number of nitrogens with one attached hydrogen (secondary N) is 1. The molecule has 4 aromatic heterocycles. The zero-order chi connectivity index (χ0) is 95.2. The number of aryl methyl sites for hydroxylation is 1. The van der Waals surface area contributed by atoms with Gasteiger partial charge in [-0.2, -0.15) is 10.1 Å². The van der Waals surface area contributed by atoms with Crippen LogP contribution < -0.4 is 21.7 Å². The number of rotatable bonds is 29. The Morgan fingerprint density at radius 2 is 1.53 bits per heavy atom. The second kappa shape index (κ2) is 48.2. The Bertz CT molecular complexity index is 5110. The van der Waals surface area contributed by atoms with Gasteiger partial charge in [0.15, 0.2) is 23.6 Å². The highest BCUT2D eigenvalue weighted by Crippen LogP contribution is 2.40. The summed E-state index contributed by atoms with van der Waals surface area (Å²) in [6, 6.07) is 10.7. The number of Topliss-reactive ketones (excluding diaryl/α,β-unsaturated/α-hetero) is 2. The summed E-state index contributed by atoms with van der Waals surface area (Å²) < 4.78 is 49.1. The SMILES string of the molecule is CO[C@H]1C[C@@H]2CC[C@@H](C)[C@@](O)(O2)C(=O)C(=O)N2CCCC[C@H]2C(=O)O[C@H]([C@H](C)C[C@@H]2CC[C@@H](O)[C@H](OC)C2)C[C@@H](O)[C@H](C)/C=C(\C)[C@@H](O)[C@@H](OC)C(=NOCC(=O)CCc2cnc(N3CCN(C(=O)CN(C)CC(=O)NCCOCCOCCC(=O)N4CCc5cc(Cn6nc(-c7ccc8oc(N)nc8c7)c7c(N)ncnc76)ccc5C4)CC3)nc2)[C@H](C)C[C@H](C)/C=C/C=C/C=C/1C. The van der Waals surface area contributed by atoms with E-state index < -0.39 is 84.1 Å². The fourth-order valence-electron chi connectivity index (χ4n) is 18.9. The molecule has 36 heteroatoms. The molecule has 2 aromatic carbocycles. The molecule has 2 bridgehead atoms. The molecule has 6 aromatic rings. The van der Waals surface area contributed by atoms with Crippen molar-refractivity contribution in [2.24, 2.45) is 40.7 Å². The van der Waals surface area contributed by atoms with Gasteiger partial charge < -0.3 is 99.2 Å². The predicted octanol–water partition coefficient (Wildman–Crippen LogP) is 7.63. The number of nitrogen functional groups attached to an aromatic ring is 2. The number of aliphatic hydroxyl groups is 4. The van der Waals surface area contributed by atoms with Gasteiger partial charge in [0.2, 0.25) is 29.5 Å². The average Bonchev–Trinajstić information content (AvgIpc) is 1.16. The fourth-order valence-corrected chi connectivity index (χ4v) is 18.9. The van der Waals surface area contributed by atoms with E-state index in [1.165, 1.54) is 23.9 Å². The monoisotopic (exact) mass is 1850 g/mol. The molecule has 16 atom stereocenters. The normalized spacial score (nSPS) is 27.8. The summed E-state index contributed by atoms with van der Waals surface area (Å²) in [4.78, 5) is 134. The van der Waals surface area contributed by atoms with Gasteiger partial charge in [-0.3, -0.25) is 33.7 Å². The number of hydrogen-bond acceptors (Lipinski definition) is 31. The third-order valence-electron chi connectivity index (χ3n) is 26.8. The minimum absolute atomic E-state index is 0.00224. The van der Waals surface area contributed by atoms with Crippen molar-refractivity contribution in [3.05, 3.63) is 125 Å². The van der Waals surface area contributed by atoms with E-state index in [9.17, 15) is 54.0 Å². The number of ether oxygens (including phenoxy) is 7. The number of cyclic esters (lactones) is 1. The van der Waals surface area contributed by atoms with Gasteiger partial charge in [0.25, 0.3) is 17.7 Å². The lowest BCUT2D eigenvalue weighted by Crippen LogP contribution is -2.61. The molecule has 36 nitrogen and oxygen atoms in total. The number of benzene rings is 2. The molecule has 724 valence electrons. The van der Waals surface area contributed by atoms with Crippen molar-refractivity contribution < 1.29 is 96.4 Å². The van der Waals surface area contributed by atoms with Gasteiger partial charge in [-0.05, 0) is 167 Å². The molecular weight excluding hydrogens is 1710 g/mol. The van der Waals surface area contributed by atoms with E-state index in [0.717, 1.165) is 27.8 Å². The maximum atomic E-state index is 14.8. The number of oxazole rings is 1. The standard InChI is InChI=1S/C97H136N16O20/c1-59-17-13-12-14-18-60(2)79(125-9)49-73-27-20-65(7)97(124,133-73)90(121)93(122)112-33-16-15-19-75(112)94(123)131-80(62(4)45-66-23-28-76(115)81(47-66)126-10)50-77(116)61(3)44-64(6)88(120)89(127-11)86(63(5)43-59)107-130-57-72(114)26-22-68-51-101-96(102-52-68)110-37-35-109(36-38-110)84(119)56-108(8)55-82(117)100-32-40-129-42-41-128-39-31-83(118)111-34-30-69-46-67(21-24-71(69)54-111)53-113-92-85(91(98)103-58-104-92)87(106-113)70-25-29-78-74(48-70)105-95(99)132-78/h12-14,17-18,21,24-25,29,44,46,48,51-52,58-59,61-63,65-66,73,75-77,79-81,88-89,115-116,120,124H,15-16,19-20,22-23,26-28,30-43,45,47,49-50,53-57H2,1-11H3,(H2,99,105)(H,100,117)(H2,98,103,104)/b14-12+,17-13+,60-18+,64-44+,107-86?/t59-,61-,62-,63-,65-,66+,73+,75+,76-,77-,79+,80+,81-,88-,89+,97-/m1/s1. The van der Waals surface area contributed by atoms with E-state index in [-0.39, 0.29) is 151 Å². The van der Waals surface area contributed by atoms with Crippen LogP contribution in [0, 0.1) is 35.5 Å². The maximum Gasteiger partial charge on any atom is 0.329 e. The number of allylic oxidation sites excluding steroid dienone is 5. The third kappa shape index (κ3) is 27.1. The molecule has 12 rings (SSSR count). The largest absolute Gasteiger partial charge is 0.460 e. The number of carbonyl (C=O) groups is 7. The quantitative estimate of drug-likeness (QED) is 0.00779. The number of ketones is 2. The van der Waals surface area contributed by atoms with E-state index in [2.05, 4.69) is 47.5 Å². The number of piperazine rings is 1. The van der Waals surface area contributed by atoms with Crippen LogP contribution in [0.5, 0.6) is 0 Å². The number of esters is 1. The number of piperidine rings is 1. The number of aromatic nitrogens is 7. The van der Waals surface area contributed by atoms with E-state index >= 15 is 0 Å². The van der Waals surface area contributed by atoms with E-state index in [0.29, 0.717) is 167 Å². The Kier molecular flexibility index (Phi) is 36.8. The predicted molar refractivity (Wildman–Crippen MR) is 497 cm³/mol. The van der Waals surface area contributed by atoms with E-state index in [1.54, 1.807) is 76.4 Å². The van der Waals surface area contributed by atoms with Gasteiger partial charge in [-0.25, -0.2) is 29.4 Å². The number of methoxy groups -OCH3 is 3. The molecule has 1 aliphatic carbocycles. The number of nitrogens with zero attached hydrogens (tertiary/aromatic N) is 13. The number of carbonyl (C=O) groups excluding carboxylic acids is 7. The highest BCUT2D eigenvalue weighted by molar-refractivity contribution is 6.39. The summed E-state index contributed by atoms with van der Waals surface area (Å²) in [7, 11) is 6.31.